The second-order valence-corrected chi connectivity index (χ2v) is 3.89. The Hall–Kier alpha value is 0.590. The van der Waals surface area contributed by atoms with Gasteiger partial charge in [0.1, 0.15) is 0 Å². The van der Waals surface area contributed by atoms with Gasteiger partial charge in [0, 0.05) is 0 Å². The standard InChI is InChI=1S/C4H5ClO.Cl2OS/c1-2-3-4(5)6;1-4(2)3/h2-3H,1H3;/b3-2+;. The highest BCUT2D eigenvalue weighted by Gasteiger charge is 1.83. The molecule has 0 atom stereocenters. The van der Waals surface area contributed by atoms with Crippen molar-refractivity contribution in [1.29, 1.82) is 0 Å². The third kappa shape index (κ3) is 38.4. The summed E-state index contributed by atoms with van der Waals surface area (Å²) in [6, 6.07) is 0. The summed E-state index contributed by atoms with van der Waals surface area (Å²) in [5, 5.41) is -0.419. The molecule has 0 aliphatic heterocycles. The van der Waals surface area contributed by atoms with E-state index in [0.717, 1.165) is 0 Å². The largest absolute Gasteiger partial charge is 0.582 e. The lowest BCUT2D eigenvalue weighted by Crippen LogP contribution is -1.70. The summed E-state index contributed by atoms with van der Waals surface area (Å²) in [5.41, 5.74) is 0. The normalized spacial score (nSPS) is 9.40. The lowest BCUT2D eigenvalue weighted by Gasteiger charge is -1.73. The molecule has 0 aliphatic rings. The van der Waals surface area contributed by atoms with E-state index in [-0.39, 0.29) is 0 Å². The molecule has 0 aromatic heterocycles. The van der Waals surface area contributed by atoms with Crippen LogP contribution in [0.4, 0.5) is 0 Å². The zero-order chi connectivity index (χ0) is 8.57. The van der Waals surface area contributed by atoms with Crippen LogP contribution in [0, 0.1) is 0 Å². The molecular weight excluding hydrogens is 218 g/mol. The fraction of sp³-hybridized carbons (Fsp3) is 0.250. The molecule has 0 saturated heterocycles. The monoisotopic (exact) mass is 222 g/mol. The summed E-state index contributed by atoms with van der Waals surface area (Å²) >= 11 is 4.85. The number of carbonyl (C=O) groups is 1. The third-order valence-corrected chi connectivity index (χ3v) is 0.424. The topological polar surface area (TPSA) is 40.1 Å². The number of rotatable bonds is 1. The Kier molecular flexibility index (Phi) is 12.7. The quantitative estimate of drug-likeness (QED) is 0.389. The van der Waals surface area contributed by atoms with E-state index in [1.54, 1.807) is 13.0 Å². The first kappa shape index (κ1) is 13.2. The summed E-state index contributed by atoms with van der Waals surface area (Å²) in [6.45, 7) is 1.74. The van der Waals surface area contributed by atoms with Gasteiger partial charge in [-0.1, -0.05) is 6.08 Å². The van der Waals surface area contributed by atoms with Crippen molar-refractivity contribution in [1.82, 2.24) is 0 Å². The van der Waals surface area contributed by atoms with Crippen LogP contribution in [0.1, 0.15) is 6.92 Å². The molecule has 2 nitrogen and oxygen atoms in total. The Bertz CT molecular complexity index is 112. The average Bonchev–Trinajstić information content (AvgIpc) is 1.62. The Morgan fingerprint density at radius 3 is 1.90 bits per heavy atom. The number of halogens is 3. The van der Waals surface area contributed by atoms with Gasteiger partial charge in [-0.15, -0.1) is 0 Å². The molecular formula is C4H5Cl3O2S. The maximum absolute atomic E-state index is 9.72. The minimum atomic E-state index is -1.67. The van der Waals surface area contributed by atoms with E-state index in [9.17, 15) is 4.79 Å². The van der Waals surface area contributed by atoms with Crippen molar-refractivity contribution < 1.29 is 9.35 Å². The van der Waals surface area contributed by atoms with Gasteiger partial charge in [0.2, 0.25) is 5.24 Å². The highest BCUT2D eigenvalue weighted by molar-refractivity contribution is 8.31. The molecule has 0 amide bonds. The summed E-state index contributed by atoms with van der Waals surface area (Å²) in [4.78, 5) is 9.72. The van der Waals surface area contributed by atoms with Crippen LogP contribution in [-0.4, -0.2) is 9.80 Å². The van der Waals surface area contributed by atoms with E-state index in [2.05, 4.69) is 21.4 Å². The maximum atomic E-state index is 9.72. The van der Waals surface area contributed by atoms with Crippen molar-refractivity contribution in [3.05, 3.63) is 12.2 Å². The van der Waals surface area contributed by atoms with Gasteiger partial charge in [-0.3, -0.25) is 4.79 Å². The molecule has 0 aromatic rings. The lowest BCUT2D eigenvalue weighted by molar-refractivity contribution is -0.107. The highest BCUT2D eigenvalue weighted by atomic mass is 36.0. The number of hydrogen-bond donors (Lipinski definition) is 0. The van der Waals surface area contributed by atoms with Gasteiger partial charge < -0.3 is 4.55 Å². The van der Waals surface area contributed by atoms with Crippen LogP contribution < -0.4 is 0 Å². The second kappa shape index (κ2) is 9.59. The van der Waals surface area contributed by atoms with Crippen LogP contribution in [-0.2, 0) is 14.4 Å². The molecule has 0 fully saturated rings. The summed E-state index contributed by atoms with van der Waals surface area (Å²) < 4.78 is 9.09. The summed E-state index contributed by atoms with van der Waals surface area (Å²) in [7, 11) is 7.36. The number of carbonyl (C=O) groups excluding carboxylic acids is 1. The number of hydrogen-bond acceptors (Lipinski definition) is 2. The Morgan fingerprint density at radius 2 is 1.90 bits per heavy atom. The molecule has 6 heteroatoms. The van der Waals surface area contributed by atoms with Gasteiger partial charge >= 0.3 is 0 Å². The van der Waals surface area contributed by atoms with Crippen LogP contribution in [0.2, 0.25) is 0 Å². The van der Waals surface area contributed by atoms with E-state index < -0.39 is 14.8 Å². The molecule has 10 heavy (non-hydrogen) atoms. The molecule has 0 bridgehead atoms. The minimum Gasteiger partial charge on any atom is -0.582 e. The van der Waals surface area contributed by atoms with Crippen molar-refractivity contribution >= 4 is 47.8 Å². The van der Waals surface area contributed by atoms with Crippen LogP contribution in [0.15, 0.2) is 12.2 Å². The second-order valence-electron chi connectivity index (χ2n) is 0.988. The molecule has 0 aliphatic carbocycles. The van der Waals surface area contributed by atoms with E-state index >= 15 is 0 Å². The van der Waals surface area contributed by atoms with Crippen molar-refractivity contribution in [3.63, 3.8) is 0 Å². The summed E-state index contributed by atoms with van der Waals surface area (Å²) in [6.07, 6.45) is 2.89. The zero-order valence-corrected chi connectivity index (χ0v) is 8.10. The zero-order valence-electron chi connectivity index (χ0n) is 5.01. The van der Waals surface area contributed by atoms with Crippen molar-refractivity contribution in [3.8, 4) is 0 Å². The highest BCUT2D eigenvalue weighted by Crippen LogP contribution is 1.98. The molecule has 0 N–H and O–H groups in total. The van der Waals surface area contributed by atoms with Gasteiger partial charge in [0.15, 0.2) is 31.0 Å². The van der Waals surface area contributed by atoms with Gasteiger partial charge in [0.25, 0.3) is 0 Å². The van der Waals surface area contributed by atoms with Gasteiger partial charge in [-0.25, -0.2) is 0 Å². The van der Waals surface area contributed by atoms with Crippen LogP contribution in [0.5, 0.6) is 0 Å². The van der Waals surface area contributed by atoms with Crippen molar-refractivity contribution in [2.24, 2.45) is 0 Å². The van der Waals surface area contributed by atoms with Crippen LogP contribution in [0.25, 0.3) is 0 Å². The van der Waals surface area contributed by atoms with Gasteiger partial charge in [0.05, 0.1) is 0 Å². The van der Waals surface area contributed by atoms with Crippen molar-refractivity contribution in [2.45, 2.75) is 6.92 Å². The Morgan fingerprint density at radius 1 is 1.60 bits per heavy atom. The molecule has 0 spiro atoms. The van der Waals surface area contributed by atoms with E-state index in [4.69, 9.17) is 16.2 Å². The molecule has 0 saturated carbocycles. The predicted molar refractivity (Wildman–Crippen MR) is 45.5 cm³/mol. The number of allylic oxidation sites excluding steroid dienone is 2. The van der Waals surface area contributed by atoms with Crippen LogP contribution in [0.3, 0.4) is 0 Å². The predicted octanol–water partition coefficient (Wildman–Crippen LogP) is 2.37. The van der Waals surface area contributed by atoms with Gasteiger partial charge in [-0.2, -0.15) is 0 Å². The van der Waals surface area contributed by atoms with E-state index in [0.29, 0.717) is 0 Å². The molecule has 0 heterocycles. The van der Waals surface area contributed by atoms with E-state index in [1.807, 2.05) is 0 Å². The first-order valence-corrected chi connectivity index (χ1v) is 5.25. The molecule has 0 rings (SSSR count). The molecule has 0 unspecified atom stereocenters. The lowest BCUT2D eigenvalue weighted by atomic mass is 10.6. The maximum Gasteiger partial charge on any atom is 0.244 e. The van der Waals surface area contributed by atoms with Crippen molar-refractivity contribution in [2.75, 3.05) is 0 Å². The minimum absolute atomic E-state index is 0.419. The Balaban J connectivity index is 0. The van der Waals surface area contributed by atoms with Gasteiger partial charge in [-0.05, 0) is 24.6 Å². The smallest absolute Gasteiger partial charge is 0.244 e. The Labute approximate surface area is 76.3 Å². The first-order valence-electron chi connectivity index (χ1n) is 2.07. The first-order chi connectivity index (χ1) is 4.50. The fourth-order valence-corrected chi connectivity index (χ4v) is 0.257. The van der Waals surface area contributed by atoms with E-state index in [1.165, 1.54) is 6.08 Å². The molecule has 60 valence electrons. The average molecular weight is 224 g/mol. The fourth-order valence-electron chi connectivity index (χ4n) is 0.131. The molecule has 0 radical (unpaired) electrons. The summed E-state index contributed by atoms with van der Waals surface area (Å²) in [5.74, 6) is 0. The van der Waals surface area contributed by atoms with Crippen LogP contribution >= 0.6 is 33.0 Å². The SMILES string of the molecule is C/C=C/C(=O)Cl.[O-][S+](Cl)Cl. The third-order valence-electron chi connectivity index (χ3n) is 0.298. The molecule has 0 aromatic carbocycles.